The third-order valence-corrected chi connectivity index (χ3v) is 10.1. The summed E-state index contributed by atoms with van der Waals surface area (Å²) in [5.74, 6) is -0.158. The molecule has 3 aliphatic rings. The minimum absolute atomic E-state index is 0.00990. The minimum atomic E-state index is -3.63. The molecule has 3 aliphatic heterocycles. The number of sulfonamides is 1. The number of ether oxygens (including phenoxy) is 1. The molecule has 1 fully saturated rings. The zero-order chi connectivity index (χ0) is 22.1. The Morgan fingerprint density at radius 3 is 2.57 bits per heavy atom. The Balaban J connectivity index is 1.78. The highest BCUT2D eigenvalue weighted by Gasteiger charge is 2.59. The molecule has 3 heterocycles. The number of amides is 1. The first-order valence-electron chi connectivity index (χ1n) is 10.6. The van der Waals surface area contributed by atoms with E-state index in [1.165, 1.54) is 0 Å². The SMILES string of the molecule is CN1C(=O)[C@]2(NS(=O)(=O)CC[Si](C)(C)C)CCN[C@H]([C@H]3OC3(C)C)c3cccc1c32. The van der Waals surface area contributed by atoms with E-state index in [0.717, 1.165) is 16.8 Å². The molecule has 30 heavy (non-hydrogen) atoms. The van der Waals surface area contributed by atoms with Crippen molar-refractivity contribution in [3.05, 3.63) is 29.3 Å². The first kappa shape index (κ1) is 21.9. The highest BCUT2D eigenvalue weighted by molar-refractivity contribution is 7.89. The lowest BCUT2D eigenvalue weighted by molar-refractivity contribution is -0.123. The van der Waals surface area contributed by atoms with E-state index in [4.69, 9.17) is 4.74 Å². The summed E-state index contributed by atoms with van der Waals surface area (Å²) in [6, 6.07) is 6.40. The molecular formula is C21H33N3O4SSi. The molecule has 0 aliphatic carbocycles. The second kappa shape index (κ2) is 6.87. The lowest BCUT2D eigenvalue weighted by Crippen LogP contribution is -2.53. The van der Waals surface area contributed by atoms with Gasteiger partial charge in [-0.3, -0.25) is 4.79 Å². The Bertz CT molecular complexity index is 988. The van der Waals surface area contributed by atoms with Gasteiger partial charge in [0, 0.05) is 26.4 Å². The number of nitrogens with zero attached hydrogens (tertiary/aromatic N) is 1. The molecule has 0 unspecified atom stereocenters. The van der Waals surface area contributed by atoms with Gasteiger partial charge in [-0.05, 0) is 44.5 Å². The van der Waals surface area contributed by atoms with Gasteiger partial charge in [-0.15, -0.1) is 0 Å². The monoisotopic (exact) mass is 451 g/mol. The Morgan fingerprint density at radius 1 is 1.30 bits per heavy atom. The quantitative estimate of drug-likeness (QED) is 0.512. The van der Waals surface area contributed by atoms with Crippen molar-refractivity contribution in [1.29, 1.82) is 0 Å². The molecule has 4 rings (SSSR count). The van der Waals surface area contributed by atoms with Gasteiger partial charge in [0.1, 0.15) is 11.6 Å². The number of anilines is 1. The summed E-state index contributed by atoms with van der Waals surface area (Å²) >= 11 is 0. The van der Waals surface area contributed by atoms with Gasteiger partial charge in [0.2, 0.25) is 10.0 Å². The fourth-order valence-electron chi connectivity index (χ4n) is 4.76. The summed E-state index contributed by atoms with van der Waals surface area (Å²) in [4.78, 5) is 15.1. The van der Waals surface area contributed by atoms with E-state index in [1.54, 1.807) is 11.9 Å². The largest absolute Gasteiger partial charge is 0.365 e. The first-order chi connectivity index (χ1) is 13.8. The Labute approximate surface area is 180 Å². The molecule has 7 nitrogen and oxygen atoms in total. The van der Waals surface area contributed by atoms with Gasteiger partial charge in [0.05, 0.1) is 17.4 Å². The molecule has 1 amide bonds. The number of nitrogens with one attached hydrogen (secondary N) is 2. The fourth-order valence-corrected chi connectivity index (χ4v) is 9.21. The molecular weight excluding hydrogens is 418 g/mol. The van der Waals surface area contributed by atoms with E-state index in [2.05, 4.69) is 43.5 Å². The number of hydrogen-bond donors (Lipinski definition) is 2. The minimum Gasteiger partial charge on any atom is -0.365 e. The average molecular weight is 452 g/mol. The third kappa shape index (κ3) is 3.64. The van der Waals surface area contributed by atoms with Crippen LogP contribution in [-0.4, -0.2) is 53.4 Å². The van der Waals surface area contributed by atoms with E-state index < -0.39 is 23.6 Å². The molecule has 2 N–H and O–H groups in total. The van der Waals surface area contributed by atoms with Crippen LogP contribution in [0.15, 0.2) is 18.2 Å². The molecule has 0 aromatic heterocycles. The van der Waals surface area contributed by atoms with Gasteiger partial charge in [0.15, 0.2) is 0 Å². The summed E-state index contributed by atoms with van der Waals surface area (Å²) in [5.41, 5.74) is 1.01. The van der Waals surface area contributed by atoms with E-state index in [0.29, 0.717) is 19.0 Å². The Kier molecular flexibility index (Phi) is 5.02. The van der Waals surface area contributed by atoms with Crippen molar-refractivity contribution >= 4 is 29.7 Å². The van der Waals surface area contributed by atoms with Crippen molar-refractivity contribution in [2.45, 2.75) is 69.2 Å². The van der Waals surface area contributed by atoms with Crippen LogP contribution in [0.5, 0.6) is 0 Å². The highest BCUT2D eigenvalue weighted by Crippen LogP contribution is 2.51. The highest BCUT2D eigenvalue weighted by atomic mass is 32.2. The summed E-state index contributed by atoms with van der Waals surface area (Å²) in [6.45, 7) is 11.1. The maximum Gasteiger partial charge on any atom is 0.252 e. The van der Waals surface area contributed by atoms with Crippen molar-refractivity contribution < 1.29 is 17.9 Å². The number of epoxide rings is 1. The van der Waals surface area contributed by atoms with Gasteiger partial charge in [-0.2, -0.15) is 4.72 Å². The van der Waals surface area contributed by atoms with Gasteiger partial charge in [-0.25, -0.2) is 8.42 Å². The zero-order valence-electron chi connectivity index (χ0n) is 18.7. The molecule has 0 saturated carbocycles. The summed E-state index contributed by atoms with van der Waals surface area (Å²) in [7, 11) is -3.45. The van der Waals surface area contributed by atoms with E-state index >= 15 is 0 Å². The number of hydrogen-bond acceptors (Lipinski definition) is 5. The number of carbonyl (C=O) groups is 1. The van der Waals surface area contributed by atoms with Gasteiger partial charge < -0.3 is 15.0 Å². The van der Waals surface area contributed by atoms with E-state index in [9.17, 15) is 13.2 Å². The van der Waals surface area contributed by atoms with E-state index in [-0.39, 0.29) is 29.4 Å². The fraction of sp³-hybridized carbons (Fsp3) is 0.667. The lowest BCUT2D eigenvalue weighted by atomic mass is 9.84. The Hall–Kier alpha value is -1.26. The van der Waals surface area contributed by atoms with E-state index in [1.807, 2.05) is 18.2 Å². The normalized spacial score (nSPS) is 30.2. The molecule has 1 saturated heterocycles. The average Bonchev–Trinajstić information content (AvgIpc) is 3.26. The van der Waals surface area contributed by atoms with Crippen molar-refractivity contribution in [2.75, 3.05) is 24.2 Å². The third-order valence-electron chi connectivity index (χ3n) is 6.54. The lowest BCUT2D eigenvalue weighted by Gasteiger charge is -2.29. The summed E-state index contributed by atoms with van der Waals surface area (Å²) in [6.07, 6.45) is 0.361. The number of rotatable bonds is 6. The number of benzene rings is 1. The van der Waals surface area contributed by atoms with Crippen molar-refractivity contribution in [2.24, 2.45) is 0 Å². The van der Waals surface area contributed by atoms with Crippen molar-refractivity contribution in [1.82, 2.24) is 10.0 Å². The summed E-state index contributed by atoms with van der Waals surface area (Å²) < 4.78 is 35.1. The van der Waals surface area contributed by atoms with Crippen LogP contribution in [0.3, 0.4) is 0 Å². The van der Waals surface area contributed by atoms with Crippen molar-refractivity contribution in [3.8, 4) is 0 Å². The van der Waals surface area contributed by atoms with Crippen LogP contribution in [0, 0.1) is 0 Å². The smallest absolute Gasteiger partial charge is 0.252 e. The van der Waals surface area contributed by atoms with Crippen LogP contribution < -0.4 is 14.9 Å². The van der Waals surface area contributed by atoms with Gasteiger partial charge in [0.25, 0.3) is 5.91 Å². The molecule has 1 aromatic carbocycles. The molecule has 0 radical (unpaired) electrons. The van der Waals surface area contributed by atoms with Crippen LogP contribution in [0.4, 0.5) is 5.69 Å². The predicted octanol–water partition coefficient (Wildman–Crippen LogP) is 2.33. The maximum atomic E-state index is 13.5. The number of carbonyl (C=O) groups excluding carboxylic acids is 1. The Morgan fingerprint density at radius 2 is 1.97 bits per heavy atom. The molecule has 0 bridgehead atoms. The summed E-state index contributed by atoms with van der Waals surface area (Å²) in [5, 5.41) is 3.53. The molecule has 3 atom stereocenters. The zero-order valence-corrected chi connectivity index (χ0v) is 20.5. The topological polar surface area (TPSA) is 91.0 Å². The van der Waals surface area contributed by atoms with Gasteiger partial charge in [-0.1, -0.05) is 31.8 Å². The molecule has 1 aromatic rings. The van der Waals surface area contributed by atoms with Crippen LogP contribution in [0.2, 0.25) is 25.7 Å². The van der Waals surface area contributed by atoms with Crippen molar-refractivity contribution in [3.63, 3.8) is 0 Å². The van der Waals surface area contributed by atoms with Crippen LogP contribution in [0.1, 0.15) is 37.4 Å². The maximum absolute atomic E-state index is 13.5. The van der Waals surface area contributed by atoms with Gasteiger partial charge >= 0.3 is 0 Å². The van der Waals surface area contributed by atoms with Crippen LogP contribution in [0.25, 0.3) is 0 Å². The molecule has 166 valence electrons. The number of likely N-dealkylation sites (N-methyl/N-ethyl adjacent to an activating group) is 1. The van der Waals surface area contributed by atoms with Crippen LogP contribution in [-0.2, 0) is 25.1 Å². The van der Waals surface area contributed by atoms with Crippen LogP contribution >= 0.6 is 0 Å². The predicted molar refractivity (Wildman–Crippen MR) is 121 cm³/mol. The first-order valence-corrected chi connectivity index (χ1v) is 16.0. The second-order valence-corrected chi connectivity index (χ2v) is 18.0. The second-order valence-electron chi connectivity index (χ2n) is 10.6. The molecule has 9 heteroatoms. The standard InChI is InChI=1S/C21H33N3O4SSi/c1-20(2)18(28-20)17-14-8-7-9-15-16(14)21(10-11-22-17,19(25)24(15)3)23-29(26,27)12-13-30(4,5)6/h7-9,17-18,22-23H,10-13H2,1-6H3/t17-,18+,21-/m0/s1. The molecule has 0 spiro atoms.